The van der Waals surface area contributed by atoms with E-state index in [1.165, 1.54) is 6.92 Å². The van der Waals surface area contributed by atoms with Crippen molar-refractivity contribution >= 4 is 11.8 Å². The van der Waals surface area contributed by atoms with Gasteiger partial charge in [0.05, 0.1) is 6.54 Å². The number of hydrogen-bond acceptors (Lipinski definition) is 5. The molecule has 0 radical (unpaired) electrons. The second kappa shape index (κ2) is 6.68. The number of carbonyl (C=O) groups is 2. The van der Waals surface area contributed by atoms with Crippen LogP contribution in [0.4, 0.5) is 0 Å². The lowest BCUT2D eigenvalue weighted by atomic mass is 10.1. The molecule has 0 bridgehead atoms. The molecule has 0 amide bonds. The van der Waals surface area contributed by atoms with Gasteiger partial charge in [-0.2, -0.15) is 0 Å². The second-order valence-corrected chi connectivity index (χ2v) is 6.50. The molecule has 5 nitrogen and oxygen atoms in total. The molecule has 20 heavy (non-hydrogen) atoms. The summed E-state index contributed by atoms with van der Waals surface area (Å²) >= 11 is 0. The van der Waals surface area contributed by atoms with Crippen LogP contribution in [0.15, 0.2) is 0 Å². The van der Waals surface area contributed by atoms with Crippen LogP contribution < -0.4 is 0 Å². The van der Waals surface area contributed by atoms with Crippen molar-refractivity contribution in [1.29, 1.82) is 0 Å². The monoisotopic (exact) mass is 285 g/mol. The van der Waals surface area contributed by atoms with Gasteiger partial charge in [-0.15, -0.1) is 0 Å². The smallest absolute Gasteiger partial charge is 0.323 e. The van der Waals surface area contributed by atoms with Crippen LogP contribution in [0.2, 0.25) is 0 Å². The number of aliphatic hydroxyl groups is 1. The molecule has 0 aromatic rings. The van der Waals surface area contributed by atoms with E-state index in [0.717, 1.165) is 12.8 Å². The number of rotatable bonds is 5. The summed E-state index contributed by atoms with van der Waals surface area (Å²) in [5.41, 5.74) is -0.526. The summed E-state index contributed by atoms with van der Waals surface area (Å²) in [5.74, 6) is -0.522. The van der Waals surface area contributed by atoms with Crippen LogP contribution in [0.25, 0.3) is 0 Å². The van der Waals surface area contributed by atoms with Crippen LogP contribution in [0.3, 0.4) is 0 Å². The Morgan fingerprint density at radius 1 is 1.35 bits per heavy atom. The molecular formula is C15H27NO4. The molecule has 1 N–H and O–H groups in total. The first-order chi connectivity index (χ1) is 9.15. The lowest BCUT2D eigenvalue weighted by Gasteiger charge is -2.30. The van der Waals surface area contributed by atoms with Gasteiger partial charge >= 0.3 is 5.97 Å². The number of carbonyl (C=O) groups excluding carboxylic acids is 2. The van der Waals surface area contributed by atoms with E-state index in [0.29, 0.717) is 6.42 Å². The molecule has 1 aliphatic rings. The number of aliphatic hydroxyl groups excluding tert-OH is 1. The molecule has 1 rings (SSSR count). The molecule has 0 spiro atoms. The highest BCUT2D eigenvalue weighted by Crippen LogP contribution is 2.28. The third-order valence-corrected chi connectivity index (χ3v) is 3.60. The fraction of sp³-hybridized carbons (Fsp3) is 0.867. The van der Waals surface area contributed by atoms with Crippen LogP contribution in [0.5, 0.6) is 0 Å². The van der Waals surface area contributed by atoms with Crippen molar-refractivity contribution in [2.24, 2.45) is 0 Å². The lowest BCUT2D eigenvalue weighted by molar-refractivity contribution is -0.161. The van der Waals surface area contributed by atoms with Gasteiger partial charge in [0, 0.05) is 6.04 Å². The molecule has 1 heterocycles. The summed E-state index contributed by atoms with van der Waals surface area (Å²) in [4.78, 5) is 25.9. The Bertz CT molecular complexity index is 359. The zero-order chi connectivity index (χ0) is 15.5. The van der Waals surface area contributed by atoms with Crippen molar-refractivity contribution in [3.05, 3.63) is 0 Å². The summed E-state index contributed by atoms with van der Waals surface area (Å²) in [6.07, 6.45) is 1.48. The highest BCUT2D eigenvalue weighted by Gasteiger charge is 2.40. The van der Waals surface area contributed by atoms with E-state index < -0.39 is 11.7 Å². The van der Waals surface area contributed by atoms with Crippen molar-refractivity contribution in [1.82, 2.24) is 4.90 Å². The Morgan fingerprint density at radius 3 is 2.40 bits per heavy atom. The molecule has 0 aromatic heterocycles. The van der Waals surface area contributed by atoms with Crippen molar-refractivity contribution in [2.75, 3.05) is 6.54 Å². The summed E-state index contributed by atoms with van der Waals surface area (Å²) in [5, 5.41) is 9.36. The lowest BCUT2D eigenvalue weighted by Crippen LogP contribution is -2.47. The summed E-state index contributed by atoms with van der Waals surface area (Å²) in [7, 11) is 0. The Kier molecular flexibility index (Phi) is 5.71. The first kappa shape index (κ1) is 17.1. The molecule has 116 valence electrons. The third-order valence-electron chi connectivity index (χ3n) is 3.60. The Morgan fingerprint density at radius 2 is 1.95 bits per heavy atom. The largest absolute Gasteiger partial charge is 0.459 e. The maximum atomic E-state index is 12.2. The van der Waals surface area contributed by atoms with E-state index in [1.807, 2.05) is 32.6 Å². The third kappa shape index (κ3) is 4.56. The molecular weight excluding hydrogens is 258 g/mol. The van der Waals surface area contributed by atoms with E-state index >= 15 is 0 Å². The number of ether oxygens (including phenoxy) is 1. The number of nitrogens with zero attached hydrogens (tertiary/aromatic N) is 1. The van der Waals surface area contributed by atoms with Gasteiger partial charge in [-0.05, 0) is 47.0 Å². The van der Waals surface area contributed by atoms with Crippen LogP contribution in [0.1, 0.15) is 53.9 Å². The van der Waals surface area contributed by atoms with Gasteiger partial charge in [-0.1, -0.05) is 6.92 Å². The molecule has 3 atom stereocenters. The maximum Gasteiger partial charge on any atom is 0.323 e. The Hall–Kier alpha value is -0.940. The molecule has 1 saturated heterocycles. The fourth-order valence-electron chi connectivity index (χ4n) is 2.55. The molecule has 1 aliphatic heterocycles. The average molecular weight is 285 g/mol. The van der Waals surface area contributed by atoms with E-state index in [2.05, 4.69) is 0 Å². The van der Waals surface area contributed by atoms with Crippen LogP contribution >= 0.6 is 0 Å². The molecule has 0 aromatic carbocycles. The summed E-state index contributed by atoms with van der Waals surface area (Å²) < 4.78 is 5.43. The van der Waals surface area contributed by atoms with Crippen LogP contribution in [-0.2, 0) is 14.3 Å². The Balaban J connectivity index is 2.78. The number of esters is 1. The summed E-state index contributed by atoms with van der Waals surface area (Å²) in [6.45, 7) is 9.12. The normalized spacial score (nSPS) is 25.5. The van der Waals surface area contributed by atoms with E-state index in [-0.39, 0.29) is 30.4 Å². The molecule has 3 unspecified atom stereocenters. The molecule has 0 aliphatic carbocycles. The van der Waals surface area contributed by atoms with E-state index in [9.17, 15) is 14.7 Å². The first-order valence-electron chi connectivity index (χ1n) is 7.35. The van der Waals surface area contributed by atoms with Gasteiger partial charge < -0.3 is 9.84 Å². The van der Waals surface area contributed by atoms with Gasteiger partial charge in [0.2, 0.25) is 0 Å². The van der Waals surface area contributed by atoms with E-state index in [1.54, 1.807) is 0 Å². The van der Waals surface area contributed by atoms with Gasteiger partial charge in [-0.3, -0.25) is 14.5 Å². The van der Waals surface area contributed by atoms with Crippen LogP contribution in [-0.4, -0.2) is 52.1 Å². The molecule has 1 fully saturated rings. The zero-order valence-corrected chi connectivity index (χ0v) is 13.2. The van der Waals surface area contributed by atoms with Crippen molar-refractivity contribution in [2.45, 2.75) is 77.7 Å². The minimum absolute atomic E-state index is 0.111. The van der Waals surface area contributed by atoms with Crippen molar-refractivity contribution < 1.29 is 19.4 Å². The van der Waals surface area contributed by atoms with Gasteiger partial charge in [-0.25, -0.2) is 0 Å². The zero-order valence-electron chi connectivity index (χ0n) is 13.2. The maximum absolute atomic E-state index is 12.2. The van der Waals surface area contributed by atoms with Gasteiger partial charge in [0.1, 0.15) is 17.7 Å². The number of hydrogen-bond donors (Lipinski definition) is 1. The average Bonchev–Trinajstić information content (AvgIpc) is 2.69. The van der Waals surface area contributed by atoms with Crippen molar-refractivity contribution in [3.63, 3.8) is 0 Å². The minimum Gasteiger partial charge on any atom is -0.459 e. The Labute approximate surface area is 121 Å². The SMILES string of the molecule is CCC1CCC(C(=O)OC(C)(C)C)N1CC(=O)C(C)O. The van der Waals surface area contributed by atoms with Gasteiger partial charge in [0.15, 0.2) is 5.78 Å². The van der Waals surface area contributed by atoms with Crippen molar-refractivity contribution in [3.8, 4) is 0 Å². The predicted octanol–water partition coefficient (Wildman–Crippen LogP) is 1.52. The summed E-state index contributed by atoms with van der Waals surface area (Å²) in [6, 6.07) is -0.169. The number of ketones is 1. The molecule has 0 saturated carbocycles. The number of Topliss-reactive ketones (excluding diaryl/α,β-unsaturated/α-hetero) is 1. The first-order valence-corrected chi connectivity index (χ1v) is 7.35. The number of likely N-dealkylation sites (tertiary alicyclic amines) is 1. The highest BCUT2D eigenvalue weighted by atomic mass is 16.6. The highest BCUT2D eigenvalue weighted by molar-refractivity contribution is 5.85. The minimum atomic E-state index is -0.993. The second-order valence-electron chi connectivity index (χ2n) is 6.50. The van der Waals surface area contributed by atoms with E-state index in [4.69, 9.17) is 4.74 Å². The van der Waals surface area contributed by atoms with Crippen LogP contribution in [0, 0.1) is 0 Å². The topological polar surface area (TPSA) is 66.8 Å². The quantitative estimate of drug-likeness (QED) is 0.776. The predicted molar refractivity (Wildman–Crippen MR) is 76.3 cm³/mol. The van der Waals surface area contributed by atoms with Gasteiger partial charge in [0.25, 0.3) is 0 Å². The standard InChI is InChI=1S/C15H27NO4/c1-6-11-7-8-12(14(19)20-15(3,4)5)16(11)9-13(18)10(2)17/h10-12,17H,6-9H2,1-5H3. The molecule has 5 heteroatoms. The fourth-order valence-corrected chi connectivity index (χ4v) is 2.55.